The molecule has 2 unspecified atom stereocenters. The molecule has 22 heavy (non-hydrogen) atoms. The van der Waals surface area contributed by atoms with Crippen LogP contribution in [0.1, 0.15) is 18.1 Å². The molecule has 2 heterocycles. The van der Waals surface area contributed by atoms with Crippen LogP contribution in [0.15, 0.2) is 72.3 Å². The van der Waals surface area contributed by atoms with Crippen LogP contribution in [0.25, 0.3) is 0 Å². The number of ketones is 1. The number of fused-ring (bicyclic) bond motifs is 2. The number of Topliss-reactive ketones (excluding diaryl/α,β-unsaturated/α-hetero) is 1. The Kier molecular flexibility index (Phi) is 2.81. The minimum absolute atomic E-state index is 0.107. The maximum Gasteiger partial charge on any atom is 0.260 e. The number of carbonyl (C=O) groups is 1. The van der Waals surface area contributed by atoms with E-state index in [0.717, 1.165) is 11.1 Å². The van der Waals surface area contributed by atoms with Crippen LogP contribution in [0.5, 0.6) is 0 Å². The van der Waals surface area contributed by atoms with Crippen LogP contribution in [0.3, 0.4) is 0 Å². The molecule has 2 aromatic rings. The van der Waals surface area contributed by atoms with Crippen molar-refractivity contribution in [2.75, 3.05) is 0 Å². The van der Waals surface area contributed by atoms with Crippen molar-refractivity contribution in [2.24, 2.45) is 0 Å². The van der Waals surface area contributed by atoms with Crippen LogP contribution in [0.4, 0.5) is 0 Å². The Bertz CT molecular complexity index is 753. The molecule has 4 nitrogen and oxygen atoms in total. The minimum atomic E-state index is -1.30. The van der Waals surface area contributed by atoms with Crippen molar-refractivity contribution in [1.29, 1.82) is 0 Å². The summed E-state index contributed by atoms with van der Waals surface area (Å²) < 4.78 is 6.14. The first-order valence-corrected chi connectivity index (χ1v) is 7.09. The Morgan fingerprint density at radius 3 is 2.05 bits per heavy atom. The smallest absolute Gasteiger partial charge is 0.260 e. The molecule has 2 atom stereocenters. The van der Waals surface area contributed by atoms with Crippen molar-refractivity contribution in [3.8, 4) is 0 Å². The van der Waals surface area contributed by atoms with E-state index in [-0.39, 0.29) is 5.78 Å². The van der Waals surface area contributed by atoms with Crippen molar-refractivity contribution in [2.45, 2.75) is 18.5 Å². The molecule has 2 bridgehead atoms. The van der Waals surface area contributed by atoms with Crippen LogP contribution in [-0.4, -0.2) is 5.78 Å². The van der Waals surface area contributed by atoms with Gasteiger partial charge in [0.15, 0.2) is 5.78 Å². The highest BCUT2D eigenvalue weighted by molar-refractivity contribution is 5.96. The largest absolute Gasteiger partial charge is 0.297 e. The number of hydrogen-bond acceptors (Lipinski definition) is 4. The summed E-state index contributed by atoms with van der Waals surface area (Å²) in [5.74, 6) is -2.59. The van der Waals surface area contributed by atoms with Gasteiger partial charge in [-0.05, 0) is 13.0 Å². The fourth-order valence-electron chi connectivity index (χ4n) is 2.92. The molecule has 0 N–H and O–H groups in total. The van der Waals surface area contributed by atoms with E-state index < -0.39 is 11.6 Å². The van der Waals surface area contributed by atoms with Crippen molar-refractivity contribution in [1.82, 2.24) is 0 Å². The Morgan fingerprint density at radius 1 is 0.864 bits per heavy atom. The van der Waals surface area contributed by atoms with E-state index in [1.165, 1.54) is 6.92 Å². The lowest BCUT2D eigenvalue weighted by Gasteiger charge is -2.24. The van der Waals surface area contributed by atoms with E-state index in [1.807, 2.05) is 60.7 Å². The number of rotatable bonds is 3. The molecule has 2 aromatic carbocycles. The molecule has 2 aliphatic heterocycles. The van der Waals surface area contributed by atoms with E-state index in [4.69, 9.17) is 14.5 Å². The molecule has 0 spiro atoms. The summed E-state index contributed by atoms with van der Waals surface area (Å²) in [7, 11) is 0. The molecular weight excluding hydrogens is 280 g/mol. The first-order valence-electron chi connectivity index (χ1n) is 7.09. The first-order chi connectivity index (χ1) is 10.7. The number of hydrogen-bond donors (Lipinski definition) is 0. The maximum absolute atomic E-state index is 12.1. The molecule has 4 heteroatoms. The lowest BCUT2D eigenvalue weighted by molar-refractivity contribution is -0.348. The number of carbonyl (C=O) groups excluding carboxylic acids is 1. The van der Waals surface area contributed by atoms with Gasteiger partial charge >= 0.3 is 0 Å². The van der Waals surface area contributed by atoms with E-state index in [2.05, 4.69) is 0 Å². The normalized spacial score (nSPS) is 29.4. The van der Waals surface area contributed by atoms with Crippen molar-refractivity contribution < 1.29 is 19.3 Å². The number of benzene rings is 2. The lowest BCUT2D eigenvalue weighted by atomic mass is 9.94. The average Bonchev–Trinajstić information content (AvgIpc) is 3.13. The second-order valence-electron chi connectivity index (χ2n) is 5.40. The molecule has 0 aromatic heterocycles. The summed E-state index contributed by atoms with van der Waals surface area (Å²) >= 11 is 0. The molecule has 0 amide bonds. The maximum atomic E-state index is 12.1. The van der Waals surface area contributed by atoms with Gasteiger partial charge in [-0.1, -0.05) is 60.7 Å². The summed E-state index contributed by atoms with van der Waals surface area (Å²) in [4.78, 5) is 23.2. The SMILES string of the molecule is CC(=O)C1=CC2(c3ccccc3)OOC1(c1ccccc1)O2. The van der Waals surface area contributed by atoms with Gasteiger partial charge in [0.25, 0.3) is 11.6 Å². The molecule has 1 fully saturated rings. The second kappa shape index (κ2) is 4.61. The van der Waals surface area contributed by atoms with Crippen LogP contribution >= 0.6 is 0 Å². The molecule has 1 saturated heterocycles. The van der Waals surface area contributed by atoms with Crippen LogP contribution in [0.2, 0.25) is 0 Å². The van der Waals surface area contributed by atoms with Gasteiger partial charge in [-0.25, -0.2) is 0 Å². The van der Waals surface area contributed by atoms with E-state index >= 15 is 0 Å². The summed E-state index contributed by atoms with van der Waals surface area (Å²) in [6.07, 6.45) is 1.71. The van der Waals surface area contributed by atoms with Gasteiger partial charge in [-0.2, -0.15) is 9.78 Å². The zero-order chi connectivity index (χ0) is 15.2. The molecular formula is C18H14O4. The third kappa shape index (κ3) is 1.72. The van der Waals surface area contributed by atoms with Crippen molar-refractivity contribution in [3.63, 3.8) is 0 Å². The summed E-state index contributed by atoms with van der Waals surface area (Å²) in [6, 6.07) is 18.8. The fraction of sp³-hybridized carbons (Fsp3) is 0.167. The summed E-state index contributed by atoms with van der Waals surface area (Å²) in [5, 5.41) is 0. The third-order valence-corrected chi connectivity index (χ3v) is 3.98. The molecule has 2 aliphatic rings. The fourth-order valence-corrected chi connectivity index (χ4v) is 2.92. The van der Waals surface area contributed by atoms with Crippen LogP contribution < -0.4 is 0 Å². The van der Waals surface area contributed by atoms with Gasteiger partial charge < -0.3 is 0 Å². The Labute approximate surface area is 127 Å². The Balaban J connectivity index is 1.88. The summed E-state index contributed by atoms with van der Waals surface area (Å²) in [5.41, 5.74) is 1.96. The minimum Gasteiger partial charge on any atom is -0.297 e. The van der Waals surface area contributed by atoms with Gasteiger partial charge in [0, 0.05) is 11.1 Å². The van der Waals surface area contributed by atoms with Gasteiger partial charge in [-0.3, -0.25) is 9.53 Å². The highest BCUT2D eigenvalue weighted by atomic mass is 17.3. The molecule has 110 valence electrons. The predicted octanol–water partition coefficient (Wildman–Crippen LogP) is 3.20. The summed E-state index contributed by atoms with van der Waals surface area (Å²) in [6.45, 7) is 1.50. The Morgan fingerprint density at radius 2 is 1.45 bits per heavy atom. The van der Waals surface area contributed by atoms with E-state index in [0.29, 0.717) is 5.57 Å². The molecule has 0 saturated carbocycles. The molecule has 4 rings (SSSR count). The topological polar surface area (TPSA) is 44.8 Å². The van der Waals surface area contributed by atoms with Crippen LogP contribution in [-0.2, 0) is 30.9 Å². The highest BCUT2D eigenvalue weighted by Gasteiger charge is 2.63. The van der Waals surface area contributed by atoms with Crippen molar-refractivity contribution in [3.05, 3.63) is 83.4 Å². The lowest BCUT2D eigenvalue weighted by Crippen LogP contribution is -2.30. The monoisotopic (exact) mass is 294 g/mol. The molecule has 0 radical (unpaired) electrons. The second-order valence-corrected chi connectivity index (χ2v) is 5.40. The van der Waals surface area contributed by atoms with Gasteiger partial charge in [-0.15, -0.1) is 0 Å². The average molecular weight is 294 g/mol. The highest BCUT2D eigenvalue weighted by Crippen LogP contribution is 2.56. The zero-order valence-corrected chi connectivity index (χ0v) is 12.0. The molecule has 0 aliphatic carbocycles. The zero-order valence-electron chi connectivity index (χ0n) is 12.0. The van der Waals surface area contributed by atoms with Crippen LogP contribution in [0, 0.1) is 0 Å². The van der Waals surface area contributed by atoms with E-state index in [9.17, 15) is 4.79 Å². The third-order valence-electron chi connectivity index (χ3n) is 3.98. The Hall–Kier alpha value is -2.27. The van der Waals surface area contributed by atoms with Gasteiger partial charge in [0.1, 0.15) is 0 Å². The quantitative estimate of drug-likeness (QED) is 0.815. The van der Waals surface area contributed by atoms with E-state index in [1.54, 1.807) is 6.08 Å². The van der Waals surface area contributed by atoms with Crippen molar-refractivity contribution >= 4 is 5.78 Å². The first kappa shape index (κ1) is 13.4. The standard InChI is InChI=1S/C18H14O4/c1-13(19)16-12-17(14-8-4-2-5-9-14)20-18(16,22-21-17)15-10-6-3-7-11-15/h2-12H,1H3. The van der Waals surface area contributed by atoms with Gasteiger partial charge in [0.2, 0.25) is 0 Å². The number of ether oxygens (including phenoxy) is 1. The predicted molar refractivity (Wildman–Crippen MR) is 78.3 cm³/mol. The van der Waals surface area contributed by atoms with Gasteiger partial charge in [0.05, 0.1) is 5.57 Å².